The van der Waals surface area contributed by atoms with Crippen LogP contribution in [0.4, 0.5) is 5.69 Å². The van der Waals surface area contributed by atoms with E-state index in [1.165, 1.54) is 11.6 Å². The first kappa shape index (κ1) is 21.4. The number of anilines is 1. The van der Waals surface area contributed by atoms with Crippen LogP contribution in [0.2, 0.25) is 10.0 Å². The number of carbonyl (C=O) groups excluding carboxylic acids is 1. The largest absolute Gasteiger partial charge is 0.489 e. The second-order valence-corrected chi connectivity index (χ2v) is 7.38. The number of para-hydroxylation sites is 1. The van der Waals surface area contributed by atoms with Gasteiger partial charge in [-0.25, -0.2) is 0 Å². The number of aryl methyl sites for hydroxylation is 1. The maximum Gasteiger partial charge on any atom is 0.266 e. The van der Waals surface area contributed by atoms with Gasteiger partial charge in [-0.3, -0.25) is 4.79 Å². The first-order valence-corrected chi connectivity index (χ1v) is 9.87. The van der Waals surface area contributed by atoms with E-state index < -0.39 is 5.91 Å². The number of hydrogen-bond acceptors (Lipinski definition) is 3. The van der Waals surface area contributed by atoms with Crippen molar-refractivity contribution in [3.8, 4) is 11.8 Å². The summed E-state index contributed by atoms with van der Waals surface area (Å²) in [6, 6.07) is 22.0. The Kier molecular flexibility index (Phi) is 7.13. The van der Waals surface area contributed by atoms with Crippen molar-refractivity contribution in [1.82, 2.24) is 0 Å². The Balaban J connectivity index is 1.74. The molecule has 0 unspecified atom stereocenters. The first-order chi connectivity index (χ1) is 14.5. The normalized spacial score (nSPS) is 10.9. The van der Waals surface area contributed by atoms with Crippen molar-refractivity contribution in [1.29, 1.82) is 5.26 Å². The molecule has 1 N–H and O–H groups in total. The van der Waals surface area contributed by atoms with Crippen LogP contribution in [0.25, 0.3) is 6.08 Å². The number of nitriles is 1. The third-order valence-electron chi connectivity index (χ3n) is 4.26. The van der Waals surface area contributed by atoms with Crippen LogP contribution in [0.1, 0.15) is 16.7 Å². The molecule has 0 aliphatic rings. The monoisotopic (exact) mass is 436 g/mol. The summed E-state index contributed by atoms with van der Waals surface area (Å²) in [5.41, 5.74) is 3.08. The number of amides is 1. The highest BCUT2D eigenvalue weighted by Crippen LogP contribution is 2.30. The lowest BCUT2D eigenvalue weighted by Crippen LogP contribution is -2.14. The van der Waals surface area contributed by atoms with Crippen molar-refractivity contribution in [2.75, 3.05) is 5.32 Å². The fraction of sp³-hybridized carbons (Fsp3) is 0.0833. The Morgan fingerprint density at radius 2 is 1.73 bits per heavy atom. The molecule has 30 heavy (non-hydrogen) atoms. The molecule has 0 aliphatic heterocycles. The number of carbonyl (C=O) groups is 1. The van der Waals surface area contributed by atoms with Gasteiger partial charge in [-0.2, -0.15) is 5.26 Å². The average molecular weight is 437 g/mol. The number of benzene rings is 3. The summed E-state index contributed by atoms with van der Waals surface area (Å²) in [7, 11) is 0. The summed E-state index contributed by atoms with van der Waals surface area (Å²) < 4.78 is 5.83. The number of ether oxygens (including phenoxy) is 1. The molecule has 150 valence electrons. The lowest BCUT2D eigenvalue weighted by Gasteiger charge is -2.09. The maximum absolute atomic E-state index is 12.5. The Morgan fingerprint density at radius 3 is 2.40 bits per heavy atom. The molecular weight excluding hydrogens is 419 g/mol. The highest BCUT2D eigenvalue weighted by atomic mass is 35.5. The molecule has 0 aromatic heterocycles. The topological polar surface area (TPSA) is 62.1 Å². The number of rotatable bonds is 6. The van der Waals surface area contributed by atoms with Gasteiger partial charge in [0, 0.05) is 0 Å². The molecule has 0 saturated heterocycles. The minimum Gasteiger partial charge on any atom is -0.489 e. The van der Waals surface area contributed by atoms with E-state index in [1.54, 1.807) is 36.4 Å². The highest BCUT2D eigenvalue weighted by Gasteiger charge is 2.14. The molecule has 0 radical (unpaired) electrons. The second kappa shape index (κ2) is 9.98. The predicted octanol–water partition coefficient (Wildman–Crippen LogP) is 6.43. The third-order valence-corrected chi connectivity index (χ3v) is 4.89. The number of nitrogens with zero attached hydrogens (tertiary/aromatic N) is 1. The molecule has 0 heterocycles. The molecule has 4 nitrogen and oxygen atoms in total. The summed E-state index contributed by atoms with van der Waals surface area (Å²) >= 11 is 12.2. The maximum atomic E-state index is 12.5. The molecule has 3 aromatic carbocycles. The van der Waals surface area contributed by atoms with E-state index in [0.717, 1.165) is 5.56 Å². The van der Waals surface area contributed by atoms with Crippen LogP contribution in [0.5, 0.6) is 5.75 Å². The van der Waals surface area contributed by atoms with E-state index in [1.807, 2.05) is 43.3 Å². The predicted molar refractivity (Wildman–Crippen MR) is 121 cm³/mol. The number of nitrogens with one attached hydrogen (secondary N) is 1. The van der Waals surface area contributed by atoms with Gasteiger partial charge in [0.1, 0.15) is 24.0 Å². The molecule has 1 amide bonds. The van der Waals surface area contributed by atoms with Crippen LogP contribution in [0.15, 0.2) is 72.3 Å². The minimum absolute atomic E-state index is 0.0818. The summed E-state index contributed by atoms with van der Waals surface area (Å²) in [6.07, 6.45) is 1.48. The lowest BCUT2D eigenvalue weighted by atomic mass is 10.1. The van der Waals surface area contributed by atoms with Crippen LogP contribution in [-0.4, -0.2) is 5.91 Å². The van der Waals surface area contributed by atoms with Crippen LogP contribution in [0.3, 0.4) is 0 Å². The molecule has 3 rings (SSSR count). The van der Waals surface area contributed by atoms with E-state index >= 15 is 0 Å². The van der Waals surface area contributed by atoms with Gasteiger partial charge in [0.2, 0.25) is 0 Å². The van der Waals surface area contributed by atoms with Crippen molar-refractivity contribution in [3.05, 3.63) is 99.0 Å². The smallest absolute Gasteiger partial charge is 0.266 e. The molecule has 0 bridgehead atoms. The quantitative estimate of drug-likeness (QED) is 0.357. The molecule has 0 fully saturated rings. The summed E-state index contributed by atoms with van der Waals surface area (Å²) in [6.45, 7) is 2.45. The third kappa shape index (κ3) is 5.64. The van der Waals surface area contributed by atoms with Gasteiger partial charge in [0.25, 0.3) is 5.91 Å². The number of halogens is 2. The van der Waals surface area contributed by atoms with Crippen molar-refractivity contribution in [2.24, 2.45) is 0 Å². The zero-order valence-corrected chi connectivity index (χ0v) is 17.7. The van der Waals surface area contributed by atoms with Crippen molar-refractivity contribution < 1.29 is 9.53 Å². The fourth-order valence-corrected chi connectivity index (χ4v) is 3.15. The molecule has 0 saturated carbocycles. The number of hydrogen-bond donors (Lipinski definition) is 1. The Hall–Kier alpha value is -3.26. The second-order valence-electron chi connectivity index (χ2n) is 6.57. The fourth-order valence-electron chi connectivity index (χ4n) is 2.66. The summed E-state index contributed by atoms with van der Waals surface area (Å²) in [5.74, 6) is 0.0367. The average Bonchev–Trinajstić information content (AvgIpc) is 2.74. The summed E-state index contributed by atoms with van der Waals surface area (Å²) in [4.78, 5) is 12.5. The van der Waals surface area contributed by atoms with Crippen molar-refractivity contribution in [3.63, 3.8) is 0 Å². The zero-order valence-electron chi connectivity index (χ0n) is 16.2. The van der Waals surface area contributed by atoms with E-state index in [0.29, 0.717) is 28.0 Å². The van der Waals surface area contributed by atoms with E-state index in [2.05, 4.69) is 5.32 Å². The molecule has 0 aliphatic carbocycles. The summed E-state index contributed by atoms with van der Waals surface area (Å²) in [5, 5.41) is 12.6. The van der Waals surface area contributed by atoms with Crippen LogP contribution in [0, 0.1) is 18.3 Å². The molecule has 0 atom stereocenters. The molecule has 3 aromatic rings. The van der Waals surface area contributed by atoms with Gasteiger partial charge < -0.3 is 10.1 Å². The SMILES string of the molecule is Cc1ccc(COc2cccc(/C=C(\C#N)C(=O)Nc3c(Cl)cccc3Cl)c2)cc1. The standard InChI is InChI=1S/C24H18Cl2N2O2/c1-16-8-10-17(11-9-16)15-30-20-5-2-4-18(13-20)12-19(14-27)24(29)28-23-21(25)6-3-7-22(23)26/h2-13H,15H2,1H3,(H,28,29)/b19-12+. The van der Waals surface area contributed by atoms with Gasteiger partial charge in [0.15, 0.2) is 0 Å². The van der Waals surface area contributed by atoms with Gasteiger partial charge in [0.05, 0.1) is 15.7 Å². The van der Waals surface area contributed by atoms with Gasteiger partial charge in [-0.1, -0.05) is 71.2 Å². The minimum atomic E-state index is -0.599. The van der Waals surface area contributed by atoms with Gasteiger partial charge in [-0.15, -0.1) is 0 Å². The lowest BCUT2D eigenvalue weighted by molar-refractivity contribution is -0.112. The molecular formula is C24H18Cl2N2O2. The van der Waals surface area contributed by atoms with Crippen LogP contribution in [-0.2, 0) is 11.4 Å². The van der Waals surface area contributed by atoms with Gasteiger partial charge >= 0.3 is 0 Å². The van der Waals surface area contributed by atoms with E-state index in [9.17, 15) is 10.1 Å². The Labute approximate surface area is 185 Å². The molecule has 6 heteroatoms. The highest BCUT2D eigenvalue weighted by molar-refractivity contribution is 6.40. The van der Waals surface area contributed by atoms with Crippen LogP contribution >= 0.6 is 23.2 Å². The van der Waals surface area contributed by atoms with Crippen LogP contribution < -0.4 is 10.1 Å². The van der Waals surface area contributed by atoms with Crippen molar-refractivity contribution in [2.45, 2.75) is 13.5 Å². The van der Waals surface area contributed by atoms with E-state index in [-0.39, 0.29) is 11.3 Å². The molecule has 0 spiro atoms. The first-order valence-electron chi connectivity index (χ1n) is 9.12. The van der Waals surface area contributed by atoms with E-state index in [4.69, 9.17) is 27.9 Å². The Bertz CT molecular complexity index is 1110. The zero-order chi connectivity index (χ0) is 21.5. The Morgan fingerprint density at radius 1 is 1.07 bits per heavy atom. The van der Waals surface area contributed by atoms with Gasteiger partial charge in [-0.05, 0) is 48.4 Å². The van der Waals surface area contributed by atoms with Crippen molar-refractivity contribution >= 4 is 40.9 Å².